The number of carbonyl (C=O) groups is 2. The van der Waals surface area contributed by atoms with Crippen LogP contribution in [0.1, 0.15) is 317 Å². The van der Waals surface area contributed by atoms with E-state index in [4.69, 9.17) is 9.47 Å². The minimum Gasteiger partial charge on any atom is -0.465 e. The molecule has 7 nitrogen and oxygen atoms in total. The smallest absolute Gasteiger partial charge is 0.308 e. The van der Waals surface area contributed by atoms with Crippen LogP contribution in [0.15, 0.2) is 0 Å². The number of hydrogen-bond acceptors (Lipinski definition) is 6. The lowest BCUT2D eigenvalue weighted by atomic mass is 9.92. The van der Waals surface area contributed by atoms with Crippen LogP contribution in [0.4, 0.5) is 0 Å². The molecule has 0 saturated carbocycles. The Hall–Kier alpha value is -1.18. The second-order valence-corrected chi connectivity index (χ2v) is 22.1. The first-order valence-electron chi connectivity index (χ1n) is 31.1. The molecule has 0 aromatic rings. The molecular weight excluding hydrogens is 853 g/mol. The fraction of sp³-hybridized carbons (Fsp3) is 0.968. The van der Waals surface area contributed by atoms with E-state index in [1.807, 2.05) is 0 Å². The van der Waals surface area contributed by atoms with Crippen molar-refractivity contribution in [3.05, 3.63) is 0 Å². The van der Waals surface area contributed by atoms with Crippen LogP contribution >= 0.6 is 0 Å². The lowest BCUT2D eigenvalue weighted by Gasteiger charge is -2.28. The number of aliphatic hydroxyl groups is 1. The van der Waals surface area contributed by atoms with Gasteiger partial charge in [-0.2, -0.15) is 0 Å². The van der Waals surface area contributed by atoms with Crippen molar-refractivity contribution in [1.29, 1.82) is 0 Å². The Morgan fingerprint density at radius 1 is 0.377 bits per heavy atom. The Morgan fingerprint density at radius 3 is 1.14 bits per heavy atom. The zero-order valence-electron chi connectivity index (χ0n) is 47.9. The summed E-state index contributed by atoms with van der Waals surface area (Å²) in [5.41, 5.74) is 0. The monoisotopic (exact) mass is 977 g/mol. The third-order valence-corrected chi connectivity index (χ3v) is 15.1. The third-order valence-electron chi connectivity index (χ3n) is 15.1. The number of esters is 1. The van der Waals surface area contributed by atoms with Crippen molar-refractivity contribution in [2.24, 2.45) is 17.8 Å². The van der Waals surface area contributed by atoms with Gasteiger partial charge in [0.1, 0.15) is 0 Å². The first kappa shape index (κ1) is 67.8. The minimum atomic E-state index is -0.606. The third kappa shape index (κ3) is 44.1. The maximum absolute atomic E-state index is 14.4. The van der Waals surface area contributed by atoms with Crippen molar-refractivity contribution >= 4 is 11.9 Å². The Balaban J connectivity index is 4.98. The Kier molecular flexibility index (Phi) is 52.2. The van der Waals surface area contributed by atoms with E-state index < -0.39 is 6.29 Å². The van der Waals surface area contributed by atoms with Gasteiger partial charge < -0.3 is 24.4 Å². The topological polar surface area (TPSA) is 79.3 Å². The molecule has 412 valence electrons. The molecule has 2 unspecified atom stereocenters. The maximum atomic E-state index is 14.4. The molecule has 0 heterocycles. The van der Waals surface area contributed by atoms with Gasteiger partial charge in [0.25, 0.3) is 0 Å². The van der Waals surface area contributed by atoms with Crippen LogP contribution in [0.25, 0.3) is 0 Å². The Labute approximate surface area is 432 Å². The second kappa shape index (κ2) is 53.1. The van der Waals surface area contributed by atoms with Crippen molar-refractivity contribution in [1.82, 2.24) is 9.80 Å². The molecule has 0 aromatic carbocycles. The highest BCUT2D eigenvalue weighted by Crippen LogP contribution is 2.26. The predicted octanol–water partition coefficient (Wildman–Crippen LogP) is 18.4. The summed E-state index contributed by atoms with van der Waals surface area (Å²) in [6.07, 6.45) is 51.7. The van der Waals surface area contributed by atoms with Gasteiger partial charge in [-0.15, -0.1) is 0 Å². The van der Waals surface area contributed by atoms with E-state index in [-0.39, 0.29) is 23.7 Å². The summed E-state index contributed by atoms with van der Waals surface area (Å²) in [7, 11) is 4.28. The van der Waals surface area contributed by atoms with Crippen LogP contribution in [0.5, 0.6) is 0 Å². The number of aliphatic hydroxyl groups excluding tert-OH is 1. The SMILES string of the molecule is CCCCCCCCCN(CCCN(C)C)C(=O)C(CCCCCCCCCOC(=O)C(CCCCCC)CCCCCC)CCCCCCCCCOC(O)C(CCCCCC)CCCCCC. The summed E-state index contributed by atoms with van der Waals surface area (Å²) in [6.45, 7) is 15.4. The van der Waals surface area contributed by atoms with Crippen LogP contribution in [-0.4, -0.2) is 80.0 Å². The number of unbranched alkanes of at least 4 members (excludes halogenated alkanes) is 30. The van der Waals surface area contributed by atoms with Crippen molar-refractivity contribution < 1.29 is 24.2 Å². The molecule has 0 spiro atoms. The average Bonchev–Trinajstić information content (AvgIpc) is 3.34. The quantitative estimate of drug-likeness (QED) is 0.0372. The van der Waals surface area contributed by atoms with Crippen LogP contribution in [0, 0.1) is 17.8 Å². The number of hydrogen-bond donors (Lipinski definition) is 1. The molecule has 7 heteroatoms. The van der Waals surface area contributed by atoms with E-state index in [0.29, 0.717) is 19.1 Å². The molecule has 0 aliphatic rings. The van der Waals surface area contributed by atoms with Crippen molar-refractivity contribution in [3.8, 4) is 0 Å². The highest BCUT2D eigenvalue weighted by atomic mass is 16.6. The fourth-order valence-electron chi connectivity index (χ4n) is 10.3. The van der Waals surface area contributed by atoms with E-state index in [1.165, 1.54) is 186 Å². The average molecular weight is 978 g/mol. The summed E-state index contributed by atoms with van der Waals surface area (Å²) in [5.74, 6) is 1.02. The molecule has 2 atom stereocenters. The van der Waals surface area contributed by atoms with Gasteiger partial charge in [0, 0.05) is 31.5 Å². The molecule has 0 saturated heterocycles. The number of rotatable bonds is 56. The Bertz CT molecular complexity index is 1030. The minimum absolute atomic E-state index is 0.0595. The number of carbonyl (C=O) groups excluding carboxylic acids is 2. The highest BCUT2D eigenvalue weighted by Gasteiger charge is 2.24. The van der Waals surface area contributed by atoms with E-state index in [0.717, 1.165) is 116 Å². The number of nitrogens with zero attached hydrogens (tertiary/aromatic N) is 2. The molecule has 69 heavy (non-hydrogen) atoms. The maximum Gasteiger partial charge on any atom is 0.308 e. The van der Waals surface area contributed by atoms with E-state index in [1.54, 1.807) is 0 Å². The summed E-state index contributed by atoms with van der Waals surface area (Å²) in [5, 5.41) is 10.9. The summed E-state index contributed by atoms with van der Waals surface area (Å²) < 4.78 is 11.9. The van der Waals surface area contributed by atoms with Gasteiger partial charge in [0.15, 0.2) is 6.29 Å². The molecule has 0 radical (unpaired) electrons. The first-order valence-corrected chi connectivity index (χ1v) is 31.1. The van der Waals surface area contributed by atoms with Crippen LogP contribution < -0.4 is 0 Å². The van der Waals surface area contributed by atoms with Gasteiger partial charge in [-0.25, -0.2) is 0 Å². The van der Waals surface area contributed by atoms with Gasteiger partial charge in [-0.3, -0.25) is 9.59 Å². The van der Waals surface area contributed by atoms with Gasteiger partial charge in [0.05, 0.1) is 12.5 Å². The molecule has 1 N–H and O–H groups in total. The van der Waals surface area contributed by atoms with Gasteiger partial charge in [0.2, 0.25) is 5.91 Å². The molecule has 0 aliphatic heterocycles. The zero-order valence-corrected chi connectivity index (χ0v) is 47.9. The van der Waals surface area contributed by atoms with Crippen LogP contribution in [0.2, 0.25) is 0 Å². The second-order valence-electron chi connectivity index (χ2n) is 22.1. The lowest BCUT2D eigenvalue weighted by Crippen LogP contribution is -2.38. The molecular formula is C62H124N2O5. The standard InChI is InChI=1S/C62H124N2O5/c1-8-13-18-23-28-33-42-53-64(54-45-52-63(6)7)60(65)57(46-40-31-26-24-29-34-43-55-68-61(66)58(48-36-19-14-9-2)49-37-20-15-10-3)47-41-32-27-25-30-35-44-56-69-62(67)59(50-38-21-16-11-4)51-39-22-17-12-5/h57-59,61,66H,8-56H2,1-7H3. The van der Waals surface area contributed by atoms with Crippen molar-refractivity contribution in [2.75, 3.05) is 46.9 Å². The van der Waals surface area contributed by atoms with E-state index >= 15 is 0 Å². The fourth-order valence-corrected chi connectivity index (χ4v) is 10.3. The van der Waals surface area contributed by atoms with Crippen LogP contribution in [0.3, 0.4) is 0 Å². The number of amides is 1. The molecule has 0 rings (SSSR count). The summed E-state index contributed by atoms with van der Waals surface area (Å²) in [4.78, 5) is 31.9. The van der Waals surface area contributed by atoms with Gasteiger partial charge in [-0.05, 0) is 84.8 Å². The molecule has 0 aliphatic carbocycles. The van der Waals surface area contributed by atoms with E-state index in [9.17, 15) is 14.7 Å². The predicted molar refractivity (Wildman–Crippen MR) is 300 cm³/mol. The first-order chi connectivity index (χ1) is 33.7. The molecule has 1 amide bonds. The van der Waals surface area contributed by atoms with Gasteiger partial charge >= 0.3 is 5.97 Å². The Morgan fingerprint density at radius 2 is 0.710 bits per heavy atom. The van der Waals surface area contributed by atoms with E-state index in [2.05, 4.69) is 58.5 Å². The van der Waals surface area contributed by atoms with Crippen LogP contribution in [-0.2, 0) is 19.1 Å². The highest BCUT2D eigenvalue weighted by molar-refractivity contribution is 5.78. The normalized spacial score (nSPS) is 12.7. The van der Waals surface area contributed by atoms with Gasteiger partial charge in [-0.1, -0.05) is 253 Å². The molecule has 0 aromatic heterocycles. The van der Waals surface area contributed by atoms with Crippen molar-refractivity contribution in [2.45, 2.75) is 323 Å². The number of ether oxygens (including phenoxy) is 2. The summed E-state index contributed by atoms with van der Waals surface area (Å²) >= 11 is 0. The summed E-state index contributed by atoms with van der Waals surface area (Å²) in [6, 6.07) is 0. The molecule has 0 bridgehead atoms. The van der Waals surface area contributed by atoms with Crippen molar-refractivity contribution in [3.63, 3.8) is 0 Å². The lowest BCUT2D eigenvalue weighted by molar-refractivity contribution is -0.149. The molecule has 0 fully saturated rings. The largest absolute Gasteiger partial charge is 0.465 e. The zero-order chi connectivity index (χ0) is 50.7.